The number of hydrogen-bond donors (Lipinski definition) is 2. The van der Waals surface area contributed by atoms with Gasteiger partial charge < -0.3 is 5.32 Å². The SMILES string of the molecule is CCn1c(SCCC(=O)NC(=O)NC2CCCC2)nc2sc3c(c2c1=O)CCCC3. The first-order valence-corrected chi connectivity index (χ1v) is 12.6. The van der Waals surface area contributed by atoms with Crippen molar-refractivity contribution >= 4 is 45.3 Å². The molecular weight excluding hydrogens is 420 g/mol. The third-order valence-electron chi connectivity index (χ3n) is 5.86. The standard InChI is InChI=1S/C21H28N4O3S2/c1-2-25-19(27)17-14-9-5-6-10-15(14)30-18(17)24-21(25)29-12-11-16(26)23-20(28)22-13-7-3-4-8-13/h13H,2-12H2,1H3,(H2,22,23,26,28). The molecule has 2 N–H and O–H groups in total. The zero-order valence-electron chi connectivity index (χ0n) is 17.3. The Bertz CT molecular complexity index is 1010. The zero-order valence-corrected chi connectivity index (χ0v) is 18.9. The van der Waals surface area contributed by atoms with Gasteiger partial charge in [0, 0.05) is 29.6 Å². The lowest BCUT2D eigenvalue weighted by Gasteiger charge is -2.13. The summed E-state index contributed by atoms with van der Waals surface area (Å²) in [7, 11) is 0. The molecule has 1 saturated carbocycles. The molecule has 2 aromatic rings. The van der Waals surface area contributed by atoms with Crippen LogP contribution in [0.3, 0.4) is 0 Å². The second kappa shape index (κ2) is 9.51. The molecule has 0 aromatic carbocycles. The van der Waals surface area contributed by atoms with Gasteiger partial charge in [0.15, 0.2) is 5.16 Å². The van der Waals surface area contributed by atoms with E-state index < -0.39 is 6.03 Å². The van der Waals surface area contributed by atoms with E-state index in [9.17, 15) is 14.4 Å². The van der Waals surface area contributed by atoms with E-state index in [-0.39, 0.29) is 23.9 Å². The lowest BCUT2D eigenvalue weighted by Crippen LogP contribution is -2.43. The summed E-state index contributed by atoms with van der Waals surface area (Å²) in [6.45, 7) is 2.49. The number of nitrogens with one attached hydrogen (secondary N) is 2. The van der Waals surface area contributed by atoms with Crippen LogP contribution in [0.15, 0.2) is 9.95 Å². The molecule has 7 nitrogen and oxygen atoms in total. The normalized spacial score (nSPS) is 16.6. The summed E-state index contributed by atoms with van der Waals surface area (Å²) >= 11 is 3.04. The van der Waals surface area contributed by atoms with Gasteiger partial charge in [0.1, 0.15) is 4.83 Å². The largest absolute Gasteiger partial charge is 0.335 e. The van der Waals surface area contributed by atoms with Gasteiger partial charge in [-0.2, -0.15) is 0 Å². The summed E-state index contributed by atoms with van der Waals surface area (Å²) in [6, 6.07) is -0.232. The van der Waals surface area contributed by atoms with Gasteiger partial charge in [-0.1, -0.05) is 24.6 Å². The number of fused-ring (bicyclic) bond motifs is 3. The second-order valence-corrected chi connectivity index (χ2v) is 10.1. The molecule has 1 fully saturated rings. The summed E-state index contributed by atoms with van der Waals surface area (Å²) in [4.78, 5) is 44.0. The summed E-state index contributed by atoms with van der Waals surface area (Å²) in [6.07, 6.45) is 8.70. The van der Waals surface area contributed by atoms with Crippen LogP contribution in [-0.2, 0) is 24.2 Å². The third-order valence-corrected chi connectivity index (χ3v) is 8.02. The molecule has 162 valence electrons. The first-order chi connectivity index (χ1) is 14.6. The van der Waals surface area contributed by atoms with Gasteiger partial charge in [-0.25, -0.2) is 9.78 Å². The molecule has 2 heterocycles. The van der Waals surface area contributed by atoms with Crippen LogP contribution in [0.1, 0.15) is 62.3 Å². The van der Waals surface area contributed by atoms with Gasteiger partial charge in [-0.15, -0.1) is 11.3 Å². The molecular formula is C21H28N4O3S2. The molecule has 9 heteroatoms. The lowest BCUT2D eigenvalue weighted by molar-refractivity contribution is -0.119. The quantitative estimate of drug-likeness (QED) is 0.520. The van der Waals surface area contributed by atoms with Crippen molar-refractivity contribution in [3.63, 3.8) is 0 Å². The van der Waals surface area contributed by atoms with Gasteiger partial charge in [-0.05, 0) is 51.0 Å². The Morgan fingerprint density at radius 1 is 1.20 bits per heavy atom. The molecule has 0 atom stereocenters. The van der Waals surface area contributed by atoms with E-state index in [0.29, 0.717) is 17.5 Å². The maximum atomic E-state index is 13.1. The van der Waals surface area contributed by atoms with Crippen molar-refractivity contribution in [2.24, 2.45) is 0 Å². The average Bonchev–Trinajstić information content (AvgIpc) is 3.35. The van der Waals surface area contributed by atoms with E-state index in [1.807, 2.05) is 6.92 Å². The topological polar surface area (TPSA) is 93.1 Å². The number of urea groups is 1. The zero-order chi connectivity index (χ0) is 21.1. The fourth-order valence-electron chi connectivity index (χ4n) is 4.32. The number of carbonyl (C=O) groups excluding carboxylic acids is 2. The molecule has 0 bridgehead atoms. The Hall–Kier alpha value is -1.87. The molecule has 0 radical (unpaired) electrons. The highest BCUT2D eigenvalue weighted by Crippen LogP contribution is 2.34. The Morgan fingerprint density at radius 2 is 1.97 bits per heavy atom. The number of hydrogen-bond acceptors (Lipinski definition) is 6. The van der Waals surface area contributed by atoms with Crippen LogP contribution in [0.2, 0.25) is 0 Å². The lowest BCUT2D eigenvalue weighted by atomic mass is 9.97. The number of rotatable bonds is 6. The molecule has 0 unspecified atom stereocenters. The van der Waals surface area contributed by atoms with Crippen LogP contribution < -0.4 is 16.2 Å². The number of amides is 3. The average molecular weight is 449 g/mol. The van der Waals surface area contributed by atoms with E-state index in [1.54, 1.807) is 15.9 Å². The van der Waals surface area contributed by atoms with Crippen LogP contribution >= 0.6 is 23.1 Å². The molecule has 30 heavy (non-hydrogen) atoms. The number of aryl methyl sites for hydroxylation is 2. The maximum Gasteiger partial charge on any atom is 0.321 e. The number of thiophene rings is 1. The van der Waals surface area contributed by atoms with E-state index in [1.165, 1.54) is 28.6 Å². The molecule has 0 aliphatic heterocycles. The van der Waals surface area contributed by atoms with E-state index in [4.69, 9.17) is 4.98 Å². The van der Waals surface area contributed by atoms with Crippen molar-refractivity contribution < 1.29 is 9.59 Å². The fraction of sp³-hybridized carbons (Fsp3) is 0.619. The van der Waals surface area contributed by atoms with Crippen molar-refractivity contribution in [2.45, 2.75) is 82.5 Å². The van der Waals surface area contributed by atoms with Gasteiger partial charge in [0.2, 0.25) is 5.91 Å². The molecule has 2 aliphatic rings. The van der Waals surface area contributed by atoms with E-state index >= 15 is 0 Å². The highest BCUT2D eigenvalue weighted by atomic mass is 32.2. The van der Waals surface area contributed by atoms with Gasteiger partial charge in [0.25, 0.3) is 5.56 Å². The number of imide groups is 1. The molecule has 4 rings (SSSR count). The van der Waals surface area contributed by atoms with Crippen LogP contribution in [0.25, 0.3) is 10.2 Å². The first kappa shape index (κ1) is 21.4. The van der Waals surface area contributed by atoms with Crippen LogP contribution in [-0.4, -0.2) is 33.3 Å². The van der Waals surface area contributed by atoms with E-state index in [2.05, 4.69) is 10.6 Å². The Kier molecular flexibility index (Phi) is 6.77. The van der Waals surface area contributed by atoms with Gasteiger partial charge in [-0.3, -0.25) is 19.5 Å². The number of aromatic nitrogens is 2. The van der Waals surface area contributed by atoms with Crippen LogP contribution in [0.4, 0.5) is 4.79 Å². The number of carbonyl (C=O) groups is 2. The summed E-state index contributed by atoms with van der Waals surface area (Å²) in [5, 5.41) is 6.70. The summed E-state index contributed by atoms with van der Waals surface area (Å²) < 4.78 is 1.71. The van der Waals surface area contributed by atoms with Crippen molar-refractivity contribution in [1.29, 1.82) is 0 Å². The smallest absolute Gasteiger partial charge is 0.321 e. The monoisotopic (exact) mass is 448 g/mol. The van der Waals surface area contributed by atoms with E-state index in [0.717, 1.165) is 55.2 Å². The Labute approximate surface area is 184 Å². The predicted molar refractivity (Wildman–Crippen MR) is 120 cm³/mol. The molecule has 3 amide bonds. The summed E-state index contributed by atoms with van der Waals surface area (Å²) in [5.74, 6) is 0.155. The molecule has 2 aromatic heterocycles. The second-order valence-electron chi connectivity index (χ2n) is 7.94. The highest BCUT2D eigenvalue weighted by molar-refractivity contribution is 7.99. The minimum absolute atomic E-state index is 0.0322. The minimum atomic E-state index is -0.411. The van der Waals surface area contributed by atoms with Gasteiger partial charge >= 0.3 is 6.03 Å². The van der Waals surface area contributed by atoms with Crippen molar-refractivity contribution in [2.75, 3.05) is 5.75 Å². The fourth-order valence-corrected chi connectivity index (χ4v) is 6.63. The maximum absolute atomic E-state index is 13.1. The number of thioether (sulfide) groups is 1. The van der Waals surface area contributed by atoms with Gasteiger partial charge in [0.05, 0.1) is 5.39 Å². The first-order valence-electron chi connectivity index (χ1n) is 10.8. The molecule has 0 saturated heterocycles. The van der Waals surface area contributed by atoms with Crippen molar-refractivity contribution in [1.82, 2.24) is 20.2 Å². The van der Waals surface area contributed by atoms with Crippen molar-refractivity contribution in [3.05, 3.63) is 20.8 Å². The Balaban J connectivity index is 1.39. The minimum Gasteiger partial charge on any atom is -0.335 e. The molecule has 0 spiro atoms. The molecule has 2 aliphatic carbocycles. The van der Waals surface area contributed by atoms with Crippen molar-refractivity contribution in [3.8, 4) is 0 Å². The number of nitrogens with zero attached hydrogens (tertiary/aromatic N) is 2. The summed E-state index contributed by atoms with van der Waals surface area (Å²) in [5.41, 5.74) is 1.23. The van der Waals surface area contributed by atoms with Crippen LogP contribution in [0, 0.1) is 0 Å². The predicted octanol–water partition coefficient (Wildman–Crippen LogP) is 3.61. The highest BCUT2D eigenvalue weighted by Gasteiger charge is 2.22. The third kappa shape index (κ3) is 4.56. The van der Waals surface area contributed by atoms with Crippen LogP contribution in [0.5, 0.6) is 0 Å². The Morgan fingerprint density at radius 3 is 2.73 bits per heavy atom.